The Hall–Kier alpha value is -2.82. The number of phenols is 1. The van der Waals surface area contributed by atoms with E-state index in [1.165, 1.54) is 50.6 Å². The average molecular weight is 422 g/mol. The summed E-state index contributed by atoms with van der Waals surface area (Å²) in [6, 6.07) is 12.9. The van der Waals surface area contributed by atoms with Gasteiger partial charge in [-0.05, 0) is 48.8 Å². The molecule has 148 valence electrons. The first-order valence-corrected chi connectivity index (χ1v) is 11.0. The van der Waals surface area contributed by atoms with E-state index in [0.29, 0.717) is 11.4 Å². The van der Waals surface area contributed by atoms with Crippen LogP contribution in [0.3, 0.4) is 0 Å². The second kappa shape index (κ2) is 7.30. The molecule has 3 rings (SSSR count). The molecule has 0 aliphatic heterocycles. The molecular formula is C18H18N2O6S2. The highest BCUT2D eigenvalue weighted by molar-refractivity contribution is 7.92. The molecule has 3 aromatic rings. The number of sulfonamides is 2. The molecule has 0 heterocycles. The molecule has 0 atom stereocenters. The van der Waals surface area contributed by atoms with E-state index in [4.69, 9.17) is 4.74 Å². The lowest BCUT2D eigenvalue weighted by atomic mass is 10.1. The molecule has 0 aliphatic carbocycles. The number of aromatic hydroxyl groups is 1. The minimum absolute atomic E-state index is 0.0419. The Morgan fingerprint density at radius 2 is 1.61 bits per heavy atom. The summed E-state index contributed by atoms with van der Waals surface area (Å²) in [5.41, 5.74) is 0.312. The molecule has 3 aromatic carbocycles. The lowest BCUT2D eigenvalue weighted by molar-refractivity contribution is 0.415. The molecule has 0 fully saturated rings. The molecule has 0 unspecified atom stereocenters. The number of nitrogens with one attached hydrogen (secondary N) is 2. The molecule has 0 bridgehead atoms. The van der Waals surface area contributed by atoms with Gasteiger partial charge in [-0.25, -0.2) is 21.6 Å². The van der Waals surface area contributed by atoms with Crippen LogP contribution >= 0.6 is 0 Å². The minimum atomic E-state index is -4.02. The first kappa shape index (κ1) is 19.9. The number of methoxy groups -OCH3 is 1. The third-order valence-corrected chi connectivity index (χ3v) is 6.92. The smallest absolute Gasteiger partial charge is 0.262 e. The van der Waals surface area contributed by atoms with Gasteiger partial charge in [-0.15, -0.1) is 0 Å². The molecule has 0 aromatic heterocycles. The number of rotatable bonds is 6. The zero-order valence-electron chi connectivity index (χ0n) is 15.0. The number of hydrogen-bond acceptors (Lipinski definition) is 6. The van der Waals surface area contributed by atoms with Gasteiger partial charge < -0.3 is 9.84 Å². The van der Waals surface area contributed by atoms with Gasteiger partial charge in [0, 0.05) is 17.1 Å². The van der Waals surface area contributed by atoms with Crippen molar-refractivity contribution in [3.63, 3.8) is 0 Å². The third kappa shape index (κ3) is 3.75. The van der Waals surface area contributed by atoms with E-state index in [9.17, 15) is 21.9 Å². The van der Waals surface area contributed by atoms with Crippen LogP contribution in [0.15, 0.2) is 64.4 Å². The topological polar surface area (TPSA) is 122 Å². The normalized spacial score (nSPS) is 12.1. The summed E-state index contributed by atoms with van der Waals surface area (Å²) in [7, 11) is -5.10. The number of hydrogen-bond donors (Lipinski definition) is 3. The van der Waals surface area contributed by atoms with Crippen molar-refractivity contribution in [2.75, 3.05) is 18.9 Å². The quantitative estimate of drug-likeness (QED) is 0.560. The van der Waals surface area contributed by atoms with Crippen molar-refractivity contribution >= 4 is 36.5 Å². The molecule has 28 heavy (non-hydrogen) atoms. The van der Waals surface area contributed by atoms with Gasteiger partial charge in [0.15, 0.2) is 0 Å². The predicted molar refractivity (Wildman–Crippen MR) is 106 cm³/mol. The van der Waals surface area contributed by atoms with Crippen LogP contribution in [0.5, 0.6) is 11.5 Å². The Balaban J connectivity index is 2.08. The molecule has 3 N–H and O–H groups in total. The van der Waals surface area contributed by atoms with Crippen LogP contribution in [0.25, 0.3) is 10.8 Å². The fourth-order valence-corrected chi connectivity index (χ4v) is 4.79. The van der Waals surface area contributed by atoms with Crippen molar-refractivity contribution in [2.45, 2.75) is 9.79 Å². The van der Waals surface area contributed by atoms with Gasteiger partial charge in [0.2, 0.25) is 10.0 Å². The lowest BCUT2D eigenvalue weighted by Gasteiger charge is -2.12. The highest BCUT2D eigenvalue weighted by atomic mass is 32.2. The van der Waals surface area contributed by atoms with Gasteiger partial charge in [0.05, 0.1) is 16.9 Å². The molecule has 8 nitrogen and oxygen atoms in total. The van der Waals surface area contributed by atoms with Crippen LogP contribution in [0.4, 0.5) is 5.69 Å². The summed E-state index contributed by atoms with van der Waals surface area (Å²) >= 11 is 0. The summed E-state index contributed by atoms with van der Waals surface area (Å²) in [4.78, 5) is -0.343. The third-order valence-electron chi connectivity index (χ3n) is 4.10. The van der Waals surface area contributed by atoms with Gasteiger partial charge in [0.1, 0.15) is 11.5 Å². The Bertz CT molecular complexity index is 1240. The second-order valence-electron chi connectivity index (χ2n) is 5.84. The van der Waals surface area contributed by atoms with Gasteiger partial charge in [-0.3, -0.25) is 4.72 Å². The Labute approximate surface area is 162 Å². The van der Waals surface area contributed by atoms with Gasteiger partial charge in [-0.2, -0.15) is 0 Å². The number of phenolic OH excluding ortho intramolecular Hbond substituents is 1. The predicted octanol–water partition coefficient (Wildman–Crippen LogP) is 2.26. The summed E-state index contributed by atoms with van der Waals surface area (Å²) in [6.07, 6.45) is 0. The van der Waals surface area contributed by atoms with Crippen LogP contribution in [0.1, 0.15) is 0 Å². The van der Waals surface area contributed by atoms with E-state index in [-0.39, 0.29) is 20.6 Å². The highest BCUT2D eigenvalue weighted by Gasteiger charge is 2.22. The van der Waals surface area contributed by atoms with Crippen molar-refractivity contribution in [2.24, 2.45) is 0 Å². The van der Waals surface area contributed by atoms with Crippen molar-refractivity contribution in [1.82, 2.24) is 4.72 Å². The molecule has 10 heteroatoms. The number of benzene rings is 3. The van der Waals surface area contributed by atoms with Crippen molar-refractivity contribution in [3.05, 3.63) is 54.6 Å². The fraction of sp³-hybridized carbons (Fsp3) is 0.111. The maximum Gasteiger partial charge on any atom is 0.262 e. The fourth-order valence-electron chi connectivity index (χ4n) is 2.71. The summed E-state index contributed by atoms with van der Waals surface area (Å²) in [6.45, 7) is 0. The standard InChI is InChI=1S/C18H18N2O6S2/c1-19-28(24,25)17-5-3-4-12-10-15(11-16(21)18(12)17)27(22,23)20-13-6-8-14(26-2)9-7-13/h3-11,19-21H,1-2H3. The molecule has 0 saturated carbocycles. The van der Waals surface area contributed by atoms with E-state index in [0.717, 1.165) is 6.07 Å². The number of fused-ring (bicyclic) bond motifs is 1. The van der Waals surface area contributed by atoms with Crippen LogP contribution in [-0.2, 0) is 20.0 Å². The van der Waals surface area contributed by atoms with Crippen LogP contribution in [0, 0.1) is 0 Å². The first-order chi connectivity index (χ1) is 13.2. The molecule has 0 aliphatic rings. The summed E-state index contributed by atoms with van der Waals surface area (Å²) < 4.78 is 59.4. The second-order valence-corrected chi connectivity index (χ2v) is 9.38. The average Bonchev–Trinajstić information content (AvgIpc) is 2.67. The number of anilines is 1. The number of ether oxygens (including phenoxy) is 1. The summed E-state index contributed by atoms with van der Waals surface area (Å²) in [5.74, 6) is 0.117. The van der Waals surface area contributed by atoms with Gasteiger partial charge in [0.25, 0.3) is 10.0 Å². The molecule has 0 amide bonds. The zero-order valence-corrected chi connectivity index (χ0v) is 16.6. The van der Waals surface area contributed by atoms with E-state index >= 15 is 0 Å². The first-order valence-electron chi connectivity index (χ1n) is 8.04. The maximum absolute atomic E-state index is 12.7. The summed E-state index contributed by atoms with van der Waals surface area (Å²) in [5, 5.41) is 10.7. The maximum atomic E-state index is 12.7. The molecular weight excluding hydrogens is 404 g/mol. The van der Waals surface area contributed by atoms with Crippen molar-refractivity contribution < 1.29 is 26.7 Å². The van der Waals surface area contributed by atoms with Crippen molar-refractivity contribution in [1.29, 1.82) is 0 Å². The van der Waals surface area contributed by atoms with E-state index in [1.54, 1.807) is 12.1 Å². The monoisotopic (exact) mass is 422 g/mol. The minimum Gasteiger partial charge on any atom is -0.507 e. The molecule has 0 saturated heterocycles. The zero-order chi connectivity index (χ0) is 20.5. The molecule has 0 radical (unpaired) electrons. The van der Waals surface area contributed by atoms with E-state index < -0.39 is 25.8 Å². The largest absolute Gasteiger partial charge is 0.507 e. The van der Waals surface area contributed by atoms with Crippen LogP contribution < -0.4 is 14.2 Å². The molecule has 0 spiro atoms. The van der Waals surface area contributed by atoms with Crippen molar-refractivity contribution in [3.8, 4) is 11.5 Å². The SMILES string of the molecule is CNS(=O)(=O)c1cccc2cc(S(=O)(=O)Nc3ccc(OC)cc3)cc(O)c12. The van der Waals surface area contributed by atoms with Gasteiger partial charge >= 0.3 is 0 Å². The highest BCUT2D eigenvalue weighted by Crippen LogP contribution is 2.34. The van der Waals surface area contributed by atoms with E-state index in [2.05, 4.69) is 9.44 Å². The Kier molecular flexibility index (Phi) is 5.20. The Morgan fingerprint density at radius 3 is 2.21 bits per heavy atom. The Morgan fingerprint density at radius 1 is 0.929 bits per heavy atom. The van der Waals surface area contributed by atoms with Crippen LogP contribution in [-0.4, -0.2) is 36.1 Å². The van der Waals surface area contributed by atoms with Crippen LogP contribution in [0.2, 0.25) is 0 Å². The van der Waals surface area contributed by atoms with Gasteiger partial charge in [-0.1, -0.05) is 12.1 Å². The van der Waals surface area contributed by atoms with E-state index in [1.807, 2.05) is 0 Å². The lowest BCUT2D eigenvalue weighted by Crippen LogP contribution is -2.19.